The molecular formula is C16H14ClF3N2O3S2. The van der Waals surface area contributed by atoms with Gasteiger partial charge in [0, 0.05) is 12.2 Å². The van der Waals surface area contributed by atoms with E-state index in [0.29, 0.717) is 6.07 Å². The highest BCUT2D eigenvalue weighted by Gasteiger charge is 2.33. The van der Waals surface area contributed by atoms with Crippen molar-refractivity contribution >= 4 is 44.6 Å². The summed E-state index contributed by atoms with van der Waals surface area (Å²) in [5, 5.41) is 3.32. The Kier molecular flexibility index (Phi) is 6.68. The van der Waals surface area contributed by atoms with E-state index in [1.54, 1.807) is 11.4 Å². The third-order valence-electron chi connectivity index (χ3n) is 3.30. The number of alkyl halides is 3. The fraction of sp³-hybridized carbons (Fsp3) is 0.188. The van der Waals surface area contributed by atoms with Crippen LogP contribution in [0.5, 0.6) is 0 Å². The second kappa shape index (κ2) is 8.42. The second-order valence-corrected chi connectivity index (χ2v) is 8.78. The number of thiophene rings is 1. The van der Waals surface area contributed by atoms with Crippen LogP contribution in [-0.4, -0.2) is 31.7 Å². The standard InChI is InChI=1S/C16H14ClF3N2O3S2/c1-2-7-22(27(24,25)15-4-3-8-26-15)10-14(23)21-11-5-6-13(17)12(9-11)16(18,19)20/h2-6,8-9H,1,7,10H2,(H,21,23). The summed E-state index contributed by atoms with van der Waals surface area (Å²) in [4.78, 5) is 12.2. The molecule has 1 heterocycles. The van der Waals surface area contributed by atoms with Crippen LogP contribution in [0.1, 0.15) is 5.56 Å². The molecule has 0 unspecified atom stereocenters. The van der Waals surface area contributed by atoms with Crippen LogP contribution in [0.4, 0.5) is 18.9 Å². The molecule has 1 N–H and O–H groups in total. The summed E-state index contributed by atoms with van der Waals surface area (Å²) in [6.45, 7) is 2.74. The molecule has 1 aromatic heterocycles. The van der Waals surface area contributed by atoms with Gasteiger partial charge >= 0.3 is 6.18 Å². The second-order valence-electron chi connectivity index (χ2n) is 5.26. The topological polar surface area (TPSA) is 66.5 Å². The Labute approximate surface area is 163 Å². The number of rotatable bonds is 7. The van der Waals surface area contributed by atoms with E-state index >= 15 is 0 Å². The number of nitrogens with one attached hydrogen (secondary N) is 1. The Morgan fingerprint density at radius 1 is 1.33 bits per heavy atom. The van der Waals surface area contributed by atoms with Crippen LogP contribution in [0, 0.1) is 0 Å². The SMILES string of the molecule is C=CCN(CC(=O)Nc1ccc(Cl)c(C(F)(F)F)c1)S(=O)(=O)c1cccs1. The van der Waals surface area contributed by atoms with Gasteiger partial charge in [-0.2, -0.15) is 17.5 Å². The predicted molar refractivity (Wildman–Crippen MR) is 98.4 cm³/mol. The van der Waals surface area contributed by atoms with Crippen molar-refractivity contribution in [3.05, 3.63) is 59.0 Å². The van der Waals surface area contributed by atoms with E-state index in [2.05, 4.69) is 11.9 Å². The lowest BCUT2D eigenvalue weighted by atomic mass is 10.2. The van der Waals surface area contributed by atoms with Crippen molar-refractivity contribution in [1.82, 2.24) is 4.31 Å². The zero-order valence-corrected chi connectivity index (χ0v) is 16.1. The first-order chi connectivity index (χ1) is 12.6. The van der Waals surface area contributed by atoms with Crippen molar-refractivity contribution in [2.45, 2.75) is 10.4 Å². The normalized spacial score (nSPS) is 12.2. The first kappa shape index (κ1) is 21.4. The minimum absolute atomic E-state index is 0.0444. The van der Waals surface area contributed by atoms with Gasteiger partial charge in [0.05, 0.1) is 17.1 Å². The van der Waals surface area contributed by atoms with Crippen LogP contribution in [0.25, 0.3) is 0 Å². The number of carbonyl (C=O) groups is 1. The van der Waals surface area contributed by atoms with E-state index in [4.69, 9.17) is 11.6 Å². The molecule has 0 bridgehead atoms. The molecule has 0 saturated heterocycles. The van der Waals surface area contributed by atoms with Gasteiger partial charge in [-0.15, -0.1) is 17.9 Å². The largest absolute Gasteiger partial charge is 0.417 e. The molecule has 0 atom stereocenters. The Hall–Kier alpha value is -1.88. The van der Waals surface area contributed by atoms with Crippen LogP contribution in [0.2, 0.25) is 5.02 Å². The van der Waals surface area contributed by atoms with Gasteiger partial charge in [-0.05, 0) is 29.6 Å². The van der Waals surface area contributed by atoms with Crippen molar-refractivity contribution in [3.63, 3.8) is 0 Å². The molecular weight excluding hydrogens is 425 g/mol. The molecule has 0 radical (unpaired) electrons. The lowest BCUT2D eigenvalue weighted by Crippen LogP contribution is -2.37. The molecule has 0 saturated carbocycles. The van der Waals surface area contributed by atoms with E-state index in [0.717, 1.165) is 21.7 Å². The van der Waals surface area contributed by atoms with Crippen molar-refractivity contribution in [3.8, 4) is 0 Å². The zero-order chi connectivity index (χ0) is 20.2. The average molecular weight is 439 g/mol. The Morgan fingerprint density at radius 2 is 2.04 bits per heavy atom. The van der Waals surface area contributed by atoms with Gasteiger partial charge in [0.15, 0.2) is 0 Å². The van der Waals surface area contributed by atoms with E-state index in [1.165, 1.54) is 18.2 Å². The minimum atomic E-state index is -4.69. The highest BCUT2D eigenvalue weighted by atomic mass is 35.5. The molecule has 11 heteroatoms. The number of benzene rings is 1. The molecule has 0 aliphatic heterocycles. The summed E-state index contributed by atoms with van der Waals surface area (Å²) in [7, 11) is -3.93. The maximum absolute atomic E-state index is 12.9. The number of hydrogen-bond acceptors (Lipinski definition) is 4. The number of hydrogen-bond donors (Lipinski definition) is 1. The van der Waals surface area contributed by atoms with E-state index < -0.39 is 39.2 Å². The maximum Gasteiger partial charge on any atom is 0.417 e. The van der Waals surface area contributed by atoms with Crippen molar-refractivity contribution in [2.24, 2.45) is 0 Å². The van der Waals surface area contributed by atoms with Crippen LogP contribution in [-0.2, 0) is 21.0 Å². The summed E-state index contributed by atoms with van der Waals surface area (Å²) >= 11 is 6.52. The molecule has 0 spiro atoms. The molecule has 27 heavy (non-hydrogen) atoms. The van der Waals surface area contributed by atoms with Crippen LogP contribution >= 0.6 is 22.9 Å². The first-order valence-electron chi connectivity index (χ1n) is 7.37. The summed E-state index contributed by atoms with van der Waals surface area (Å²) in [6, 6.07) is 5.83. The maximum atomic E-state index is 12.9. The fourth-order valence-corrected chi connectivity index (χ4v) is 4.85. The molecule has 5 nitrogen and oxygen atoms in total. The van der Waals surface area contributed by atoms with Crippen molar-refractivity contribution in [2.75, 3.05) is 18.4 Å². The van der Waals surface area contributed by atoms with Crippen LogP contribution in [0.3, 0.4) is 0 Å². The van der Waals surface area contributed by atoms with Gasteiger partial charge in [-0.25, -0.2) is 8.42 Å². The van der Waals surface area contributed by atoms with Crippen LogP contribution < -0.4 is 5.32 Å². The summed E-state index contributed by atoms with van der Waals surface area (Å²) < 4.78 is 64.7. The minimum Gasteiger partial charge on any atom is -0.325 e. The fourth-order valence-electron chi connectivity index (χ4n) is 2.11. The monoisotopic (exact) mass is 438 g/mol. The van der Waals surface area contributed by atoms with E-state index in [-0.39, 0.29) is 16.4 Å². The first-order valence-corrected chi connectivity index (χ1v) is 10.1. The molecule has 0 aliphatic rings. The zero-order valence-electron chi connectivity index (χ0n) is 13.7. The molecule has 1 amide bonds. The highest BCUT2D eigenvalue weighted by Crippen LogP contribution is 2.36. The van der Waals surface area contributed by atoms with Gasteiger partial charge < -0.3 is 5.32 Å². The highest BCUT2D eigenvalue weighted by molar-refractivity contribution is 7.91. The van der Waals surface area contributed by atoms with E-state index in [1.807, 2.05) is 0 Å². The number of amides is 1. The molecule has 0 fully saturated rings. The van der Waals surface area contributed by atoms with Gasteiger partial charge in [-0.1, -0.05) is 23.7 Å². The van der Waals surface area contributed by atoms with Crippen LogP contribution in [0.15, 0.2) is 52.6 Å². The molecule has 2 rings (SSSR count). The molecule has 1 aromatic carbocycles. The summed E-state index contributed by atoms with van der Waals surface area (Å²) in [5.41, 5.74) is -1.25. The molecule has 0 aliphatic carbocycles. The third kappa shape index (κ3) is 5.32. The molecule has 146 valence electrons. The number of anilines is 1. The van der Waals surface area contributed by atoms with Gasteiger partial charge in [0.2, 0.25) is 5.91 Å². The Bertz CT molecular complexity index is 929. The van der Waals surface area contributed by atoms with Gasteiger partial charge in [0.1, 0.15) is 4.21 Å². The van der Waals surface area contributed by atoms with Crippen molar-refractivity contribution in [1.29, 1.82) is 0 Å². The van der Waals surface area contributed by atoms with Gasteiger partial charge in [0.25, 0.3) is 10.0 Å². The number of carbonyl (C=O) groups excluding carboxylic acids is 1. The van der Waals surface area contributed by atoms with Gasteiger partial charge in [-0.3, -0.25) is 4.79 Å². The number of halogens is 4. The summed E-state index contributed by atoms with van der Waals surface area (Å²) in [6.07, 6.45) is -3.38. The predicted octanol–water partition coefficient (Wildman–Crippen LogP) is 4.24. The Morgan fingerprint density at radius 3 is 2.59 bits per heavy atom. The Balaban J connectivity index is 2.19. The lowest BCUT2D eigenvalue weighted by molar-refractivity contribution is -0.137. The number of nitrogens with zero attached hydrogens (tertiary/aromatic N) is 1. The van der Waals surface area contributed by atoms with E-state index in [9.17, 15) is 26.4 Å². The summed E-state index contributed by atoms with van der Waals surface area (Å²) in [5.74, 6) is -0.799. The molecule has 2 aromatic rings. The third-order valence-corrected chi connectivity index (χ3v) is 6.81. The smallest absolute Gasteiger partial charge is 0.325 e. The quantitative estimate of drug-likeness (QED) is 0.658. The van der Waals surface area contributed by atoms with Crippen molar-refractivity contribution < 1.29 is 26.4 Å². The lowest BCUT2D eigenvalue weighted by Gasteiger charge is -2.19. The average Bonchev–Trinajstić information content (AvgIpc) is 3.10. The number of sulfonamides is 1.